The topological polar surface area (TPSA) is 109 Å². The Kier molecular flexibility index (Phi) is 7.73. The molecule has 3 aromatic carbocycles. The molecule has 1 aliphatic rings. The Balaban J connectivity index is 1.18. The number of benzene rings is 3. The van der Waals surface area contributed by atoms with Crippen LogP contribution in [-0.4, -0.2) is 51.7 Å². The molecule has 0 radical (unpaired) electrons. The molecular weight excluding hydrogens is 571 g/mol. The Morgan fingerprint density at radius 2 is 1.60 bits per heavy atom. The van der Waals surface area contributed by atoms with Crippen molar-refractivity contribution in [3.8, 4) is 22.6 Å². The van der Waals surface area contributed by atoms with E-state index >= 15 is 0 Å². The smallest absolute Gasteiger partial charge is 0.323 e. The van der Waals surface area contributed by atoms with Gasteiger partial charge in [0, 0.05) is 53.8 Å². The van der Waals surface area contributed by atoms with Gasteiger partial charge in [0.25, 0.3) is 0 Å². The maximum atomic E-state index is 13.3. The van der Waals surface area contributed by atoms with Gasteiger partial charge < -0.3 is 25.6 Å². The van der Waals surface area contributed by atoms with E-state index in [0.717, 1.165) is 41.4 Å². The number of ether oxygens (including phenoxy) is 1. The number of rotatable bonds is 7. The lowest BCUT2D eigenvalue weighted by Crippen LogP contribution is -2.36. The SMILES string of the molecule is O=C(Nc1ccc(F)cc1)Nc1cccc(-c2nc3ccccn3c2-c2ccnc(Nc3cccc(N4CCOCC4)c3)n2)c1. The van der Waals surface area contributed by atoms with Crippen LogP contribution in [0.15, 0.2) is 109 Å². The van der Waals surface area contributed by atoms with Crippen LogP contribution in [0.25, 0.3) is 28.3 Å². The van der Waals surface area contributed by atoms with E-state index in [9.17, 15) is 9.18 Å². The normalized spacial score (nSPS) is 13.0. The standard InChI is InChI=1S/C34H29FN8O2/c35-24-10-12-25(13-11-24)38-34(44)39-26-6-3-5-23(21-26)31-32(43-16-2-1-9-30(43)41-31)29-14-15-36-33(40-29)37-27-7-4-8-28(22-27)42-17-19-45-20-18-42/h1-16,21-22H,17-20H2,(H,36,37,40)(H2,38,39,44). The van der Waals surface area contributed by atoms with Gasteiger partial charge in [-0.05, 0) is 72.8 Å². The minimum absolute atomic E-state index is 0.374. The fraction of sp³-hybridized carbons (Fsp3) is 0.118. The Morgan fingerprint density at radius 3 is 2.47 bits per heavy atom. The van der Waals surface area contributed by atoms with E-state index in [2.05, 4.69) is 38.0 Å². The molecule has 4 heterocycles. The van der Waals surface area contributed by atoms with Crippen LogP contribution in [0.4, 0.5) is 37.9 Å². The molecule has 0 unspecified atom stereocenters. The number of imidazole rings is 1. The van der Waals surface area contributed by atoms with E-state index in [-0.39, 0.29) is 5.82 Å². The van der Waals surface area contributed by atoms with Crippen LogP contribution >= 0.6 is 0 Å². The monoisotopic (exact) mass is 600 g/mol. The van der Waals surface area contributed by atoms with Gasteiger partial charge >= 0.3 is 6.03 Å². The first-order valence-corrected chi connectivity index (χ1v) is 14.5. The van der Waals surface area contributed by atoms with Crippen LogP contribution in [-0.2, 0) is 4.74 Å². The zero-order valence-electron chi connectivity index (χ0n) is 24.2. The van der Waals surface area contributed by atoms with Crippen LogP contribution in [0.1, 0.15) is 0 Å². The molecule has 10 nitrogen and oxygen atoms in total. The molecule has 6 aromatic rings. The maximum absolute atomic E-state index is 13.3. The van der Waals surface area contributed by atoms with E-state index in [1.54, 1.807) is 12.3 Å². The van der Waals surface area contributed by atoms with Crippen molar-refractivity contribution in [3.63, 3.8) is 0 Å². The first kappa shape index (κ1) is 28.0. The van der Waals surface area contributed by atoms with E-state index < -0.39 is 6.03 Å². The second-order valence-corrected chi connectivity index (χ2v) is 10.4. The molecule has 3 N–H and O–H groups in total. The quantitative estimate of drug-likeness (QED) is 0.185. The maximum Gasteiger partial charge on any atom is 0.323 e. The van der Waals surface area contributed by atoms with Crippen molar-refractivity contribution in [3.05, 3.63) is 115 Å². The molecule has 45 heavy (non-hydrogen) atoms. The Labute approximate surface area is 258 Å². The molecule has 2 amide bonds. The molecule has 3 aromatic heterocycles. The van der Waals surface area contributed by atoms with Gasteiger partial charge in [0.05, 0.1) is 30.3 Å². The average Bonchev–Trinajstić information content (AvgIpc) is 3.47. The van der Waals surface area contributed by atoms with Crippen molar-refractivity contribution in [1.82, 2.24) is 19.4 Å². The van der Waals surface area contributed by atoms with Crippen LogP contribution in [0.2, 0.25) is 0 Å². The second kappa shape index (κ2) is 12.4. The minimum atomic E-state index is -0.446. The number of anilines is 5. The van der Waals surface area contributed by atoms with Crippen molar-refractivity contribution < 1.29 is 13.9 Å². The molecular formula is C34H29FN8O2. The summed E-state index contributed by atoms with van der Waals surface area (Å²) in [6.07, 6.45) is 3.67. The van der Waals surface area contributed by atoms with Crippen LogP contribution < -0.4 is 20.9 Å². The summed E-state index contributed by atoms with van der Waals surface area (Å²) < 4.78 is 20.7. The number of hydrogen-bond donors (Lipinski definition) is 3. The first-order valence-electron chi connectivity index (χ1n) is 14.5. The number of urea groups is 1. The van der Waals surface area contributed by atoms with Crippen molar-refractivity contribution in [2.75, 3.05) is 47.2 Å². The highest BCUT2D eigenvalue weighted by molar-refractivity contribution is 6.00. The predicted octanol–water partition coefficient (Wildman–Crippen LogP) is 6.82. The summed E-state index contributed by atoms with van der Waals surface area (Å²) in [5.41, 5.74) is 6.75. The average molecular weight is 601 g/mol. The number of carbonyl (C=O) groups excluding carboxylic acids is 1. The molecule has 1 saturated heterocycles. The lowest BCUT2D eigenvalue weighted by atomic mass is 10.1. The van der Waals surface area contributed by atoms with E-state index in [1.807, 2.05) is 65.2 Å². The van der Waals surface area contributed by atoms with Crippen molar-refractivity contribution >= 4 is 40.4 Å². The number of nitrogens with zero attached hydrogens (tertiary/aromatic N) is 5. The molecule has 1 fully saturated rings. The molecule has 0 aliphatic carbocycles. The summed E-state index contributed by atoms with van der Waals surface area (Å²) in [6.45, 7) is 3.13. The summed E-state index contributed by atoms with van der Waals surface area (Å²) in [5.74, 6) is 0.0813. The van der Waals surface area contributed by atoms with Gasteiger partial charge in [0.15, 0.2) is 0 Å². The fourth-order valence-electron chi connectivity index (χ4n) is 5.29. The summed E-state index contributed by atoms with van der Waals surface area (Å²) in [5, 5.41) is 8.93. The number of aromatic nitrogens is 4. The Morgan fingerprint density at radius 1 is 0.800 bits per heavy atom. The van der Waals surface area contributed by atoms with Crippen LogP contribution in [0.5, 0.6) is 0 Å². The van der Waals surface area contributed by atoms with Gasteiger partial charge in [0.1, 0.15) is 11.5 Å². The third-order valence-electron chi connectivity index (χ3n) is 7.40. The van der Waals surface area contributed by atoms with Crippen LogP contribution in [0, 0.1) is 5.82 Å². The Bertz CT molecular complexity index is 1970. The second-order valence-electron chi connectivity index (χ2n) is 10.4. The number of halogens is 1. The summed E-state index contributed by atoms with van der Waals surface area (Å²) >= 11 is 0. The first-order chi connectivity index (χ1) is 22.1. The minimum Gasteiger partial charge on any atom is -0.378 e. The number of morpholine rings is 1. The van der Waals surface area contributed by atoms with E-state index in [1.165, 1.54) is 24.3 Å². The number of fused-ring (bicyclic) bond motifs is 1. The van der Waals surface area contributed by atoms with E-state index in [0.29, 0.717) is 41.9 Å². The largest absolute Gasteiger partial charge is 0.378 e. The van der Waals surface area contributed by atoms with Crippen molar-refractivity contribution in [1.29, 1.82) is 0 Å². The highest BCUT2D eigenvalue weighted by Gasteiger charge is 2.19. The van der Waals surface area contributed by atoms with Gasteiger partial charge in [-0.3, -0.25) is 4.40 Å². The predicted molar refractivity (Wildman–Crippen MR) is 173 cm³/mol. The highest BCUT2D eigenvalue weighted by Crippen LogP contribution is 2.33. The Hall–Kier alpha value is -5.81. The molecule has 0 saturated carbocycles. The van der Waals surface area contributed by atoms with Gasteiger partial charge in [-0.2, -0.15) is 0 Å². The van der Waals surface area contributed by atoms with Gasteiger partial charge in [0.2, 0.25) is 5.95 Å². The lowest BCUT2D eigenvalue weighted by molar-refractivity contribution is 0.122. The number of nitrogens with one attached hydrogen (secondary N) is 3. The summed E-state index contributed by atoms with van der Waals surface area (Å²) in [4.78, 5) is 29.3. The molecule has 0 bridgehead atoms. The van der Waals surface area contributed by atoms with Gasteiger partial charge in [-0.15, -0.1) is 0 Å². The highest BCUT2D eigenvalue weighted by atomic mass is 19.1. The fourth-order valence-corrected chi connectivity index (χ4v) is 5.29. The summed E-state index contributed by atoms with van der Waals surface area (Å²) in [7, 11) is 0. The van der Waals surface area contributed by atoms with E-state index in [4.69, 9.17) is 14.7 Å². The molecule has 1 aliphatic heterocycles. The van der Waals surface area contributed by atoms with Crippen molar-refractivity contribution in [2.24, 2.45) is 0 Å². The molecule has 11 heteroatoms. The summed E-state index contributed by atoms with van der Waals surface area (Å²) in [6, 6.07) is 28.4. The number of hydrogen-bond acceptors (Lipinski definition) is 7. The number of amides is 2. The zero-order valence-corrected chi connectivity index (χ0v) is 24.2. The van der Waals surface area contributed by atoms with Gasteiger partial charge in [-0.1, -0.05) is 24.3 Å². The third kappa shape index (κ3) is 6.29. The molecule has 0 atom stereocenters. The number of pyridine rings is 1. The lowest BCUT2D eigenvalue weighted by Gasteiger charge is -2.29. The number of carbonyl (C=O) groups is 1. The zero-order chi connectivity index (χ0) is 30.6. The van der Waals surface area contributed by atoms with Crippen molar-refractivity contribution in [2.45, 2.75) is 0 Å². The molecule has 0 spiro atoms. The molecule has 224 valence electrons. The van der Waals surface area contributed by atoms with Crippen LogP contribution in [0.3, 0.4) is 0 Å². The third-order valence-corrected chi connectivity index (χ3v) is 7.40. The molecule has 7 rings (SSSR count). The van der Waals surface area contributed by atoms with Gasteiger partial charge in [-0.25, -0.2) is 24.1 Å².